The van der Waals surface area contributed by atoms with Crippen molar-refractivity contribution in [3.8, 4) is 0 Å². The molecule has 0 spiro atoms. The highest BCUT2D eigenvalue weighted by Gasteiger charge is 2.16. The van der Waals surface area contributed by atoms with E-state index in [9.17, 15) is 0 Å². The van der Waals surface area contributed by atoms with Crippen LogP contribution in [0.2, 0.25) is 0 Å². The Bertz CT molecular complexity index is 296. The predicted molar refractivity (Wildman–Crippen MR) is 72.0 cm³/mol. The highest BCUT2D eigenvalue weighted by Crippen LogP contribution is 2.32. The van der Waals surface area contributed by atoms with Crippen molar-refractivity contribution >= 4 is 11.3 Å². The summed E-state index contributed by atoms with van der Waals surface area (Å²) in [5.41, 5.74) is 8.87. The van der Waals surface area contributed by atoms with Gasteiger partial charge >= 0.3 is 0 Å². The van der Waals surface area contributed by atoms with Crippen molar-refractivity contribution in [1.82, 2.24) is 4.98 Å². The molecule has 0 radical (unpaired) electrons. The summed E-state index contributed by atoms with van der Waals surface area (Å²) in [5, 5.41) is 0. The normalized spacial score (nSPS) is 15.0. The maximum Gasteiger partial charge on any atom is 0.0797 e. The number of aryl methyl sites for hydroxylation is 1. The van der Waals surface area contributed by atoms with Gasteiger partial charge in [-0.1, -0.05) is 20.3 Å². The van der Waals surface area contributed by atoms with E-state index in [-0.39, 0.29) is 0 Å². The van der Waals surface area contributed by atoms with Gasteiger partial charge in [0.05, 0.1) is 11.2 Å². The van der Waals surface area contributed by atoms with Crippen molar-refractivity contribution in [3.05, 3.63) is 16.1 Å². The molecular weight excluding hydrogens is 216 g/mol. The van der Waals surface area contributed by atoms with Crippen molar-refractivity contribution in [3.63, 3.8) is 0 Å². The Balaban J connectivity index is 2.58. The molecule has 2 atom stereocenters. The fraction of sp³-hybridized carbons (Fsp3) is 0.769. The van der Waals surface area contributed by atoms with Gasteiger partial charge in [-0.25, -0.2) is 4.98 Å². The van der Waals surface area contributed by atoms with Crippen molar-refractivity contribution in [2.24, 2.45) is 11.7 Å². The average Bonchev–Trinajstić information content (AvgIpc) is 2.70. The van der Waals surface area contributed by atoms with E-state index < -0.39 is 0 Å². The van der Waals surface area contributed by atoms with Gasteiger partial charge in [-0.3, -0.25) is 0 Å². The van der Waals surface area contributed by atoms with Gasteiger partial charge in [-0.05, 0) is 44.6 Å². The summed E-state index contributed by atoms with van der Waals surface area (Å²) in [6, 6.07) is 0. The highest BCUT2D eigenvalue weighted by atomic mass is 32.1. The van der Waals surface area contributed by atoms with Crippen LogP contribution in [0.1, 0.15) is 56.0 Å². The summed E-state index contributed by atoms with van der Waals surface area (Å²) < 4.78 is 0. The van der Waals surface area contributed by atoms with Crippen LogP contribution in [-0.4, -0.2) is 11.5 Å². The number of aromatic nitrogens is 1. The summed E-state index contributed by atoms with van der Waals surface area (Å²) in [6.07, 6.45) is 5.02. The van der Waals surface area contributed by atoms with Crippen molar-refractivity contribution in [2.75, 3.05) is 6.54 Å². The summed E-state index contributed by atoms with van der Waals surface area (Å²) >= 11 is 1.81. The molecule has 0 saturated heterocycles. The molecule has 0 aliphatic rings. The lowest BCUT2D eigenvalue weighted by Gasteiger charge is -2.17. The third-order valence-corrected chi connectivity index (χ3v) is 4.29. The van der Waals surface area contributed by atoms with Crippen LogP contribution in [0.5, 0.6) is 0 Å². The van der Waals surface area contributed by atoms with E-state index in [4.69, 9.17) is 5.73 Å². The van der Waals surface area contributed by atoms with E-state index in [1.165, 1.54) is 36.3 Å². The van der Waals surface area contributed by atoms with Gasteiger partial charge in [0.1, 0.15) is 0 Å². The molecule has 2 unspecified atom stereocenters. The molecule has 0 aliphatic heterocycles. The summed E-state index contributed by atoms with van der Waals surface area (Å²) in [7, 11) is 0. The van der Waals surface area contributed by atoms with Crippen LogP contribution < -0.4 is 5.73 Å². The number of rotatable bonds is 7. The lowest BCUT2D eigenvalue weighted by Crippen LogP contribution is -2.12. The van der Waals surface area contributed by atoms with Crippen LogP contribution in [0.15, 0.2) is 5.51 Å². The lowest BCUT2D eigenvalue weighted by molar-refractivity contribution is 0.462. The molecule has 92 valence electrons. The second kappa shape index (κ2) is 7.02. The second-order valence-corrected chi connectivity index (χ2v) is 5.59. The van der Waals surface area contributed by atoms with Crippen LogP contribution in [-0.2, 0) is 0 Å². The Morgan fingerprint density at radius 1 is 1.38 bits per heavy atom. The van der Waals surface area contributed by atoms with Gasteiger partial charge in [-0.15, -0.1) is 11.3 Å². The molecule has 2 nitrogen and oxygen atoms in total. The van der Waals surface area contributed by atoms with Gasteiger partial charge in [0.15, 0.2) is 0 Å². The first-order valence-electron chi connectivity index (χ1n) is 6.29. The monoisotopic (exact) mass is 240 g/mol. The fourth-order valence-corrected chi connectivity index (χ4v) is 3.04. The van der Waals surface area contributed by atoms with E-state index in [0.717, 1.165) is 6.54 Å². The number of nitrogens with zero attached hydrogens (tertiary/aromatic N) is 1. The van der Waals surface area contributed by atoms with Crippen molar-refractivity contribution in [2.45, 2.75) is 52.4 Å². The quantitative estimate of drug-likeness (QED) is 0.789. The third-order valence-electron chi connectivity index (χ3n) is 3.20. The molecular formula is C13H24N2S. The molecule has 0 fully saturated rings. The van der Waals surface area contributed by atoms with Crippen LogP contribution in [0.4, 0.5) is 0 Å². The molecule has 0 bridgehead atoms. The predicted octanol–water partition coefficient (Wildman–Crippen LogP) is 3.71. The molecule has 0 saturated carbocycles. The molecule has 2 N–H and O–H groups in total. The topological polar surface area (TPSA) is 38.9 Å². The molecule has 0 aliphatic carbocycles. The minimum Gasteiger partial charge on any atom is -0.330 e. The third kappa shape index (κ3) is 3.87. The number of hydrogen-bond acceptors (Lipinski definition) is 3. The lowest BCUT2D eigenvalue weighted by atomic mass is 9.91. The second-order valence-electron chi connectivity index (χ2n) is 4.71. The maximum atomic E-state index is 5.67. The summed E-state index contributed by atoms with van der Waals surface area (Å²) in [6.45, 7) is 7.43. The standard InChI is InChI=1S/C13H24N2S/c1-4-5-12(7-6-10(2)8-14)13-11(3)15-9-16-13/h9-10,12H,4-8,14H2,1-3H3. The maximum absolute atomic E-state index is 5.67. The smallest absolute Gasteiger partial charge is 0.0797 e. The SMILES string of the molecule is CCCC(CCC(C)CN)c1scnc1C. The molecule has 1 aromatic rings. The molecule has 0 amide bonds. The van der Waals surface area contributed by atoms with Crippen molar-refractivity contribution in [1.29, 1.82) is 0 Å². The van der Waals surface area contributed by atoms with Crippen LogP contribution >= 0.6 is 11.3 Å². The van der Waals surface area contributed by atoms with Gasteiger partial charge in [-0.2, -0.15) is 0 Å². The number of hydrogen-bond donors (Lipinski definition) is 1. The zero-order valence-electron chi connectivity index (χ0n) is 10.7. The zero-order chi connectivity index (χ0) is 12.0. The van der Waals surface area contributed by atoms with Gasteiger partial charge in [0, 0.05) is 4.88 Å². The summed E-state index contributed by atoms with van der Waals surface area (Å²) in [4.78, 5) is 5.85. The number of nitrogens with two attached hydrogens (primary N) is 1. The Labute approximate surface area is 103 Å². The molecule has 3 heteroatoms. The highest BCUT2D eigenvalue weighted by molar-refractivity contribution is 7.09. The minimum absolute atomic E-state index is 0.646. The van der Waals surface area contributed by atoms with Gasteiger partial charge in [0.2, 0.25) is 0 Å². The van der Waals surface area contributed by atoms with E-state index in [0.29, 0.717) is 11.8 Å². The van der Waals surface area contributed by atoms with E-state index in [2.05, 4.69) is 25.8 Å². The Morgan fingerprint density at radius 3 is 2.62 bits per heavy atom. The zero-order valence-corrected chi connectivity index (χ0v) is 11.5. The Morgan fingerprint density at radius 2 is 2.12 bits per heavy atom. The van der Waals surface area contributed by atoms with E-state index >= 15 is 0 Å². The fourth-order valence-electron chi connectivity index (χ4n) is 2.06. The first-order chi connectivity index (χ1) is 7.69. The first kappa shape index (κ1) is 13.7. The average molecular weight is 240 g/mol. The van der Waals surface area contributed by atoms with Crippen LogP contribution in [0.25, 0.3) is 0 Å². The van der Waals surface area contributed by atoms with Gasteiger partial charge in [0.25, 0.3) is 0 Å². The molecule has 1 heterocycles. The molecule has 1 rings (SSSR count). The largest absolute Gasteiger partial charge is 0.330 e. The Hall–Kier alpha value is -0.410. The number of thiazole rings is 1. The van der Waals surface area contributed by atoms with E-state index in [1.807, 2.05) is 16.8 Å². The van der Waals surface area contributed by atoms with Gasteiger partial charge < -0.3 is 5.73 Å². The minimum atomic E-state index is 0.646. The molecule has 1 aromatic heterocycles. The van der Waals surface area contributed by atoms with E-state index in [1.54, 1.807) is 0 Å². The molecule has 16 heavy (non-hydrogen) atoms. The Kier molecular flexibility index (Phi) is 5.99. The van der Waals surface area contributed by atoms with Crippen LogP contribution in [0, 0.1) is 12.8 Å². The summed E-state index contributed by atoms with van der Waals surface area (Å²) in [5.74, 6) is 1.35. The van der Waals surface area contributed by atoms with Crippen molar-refractivity contribution < 1.29 is 0 Å². The first-order valence-corrected chi connectivity index (χ1v) is 7.17. The molecule has 0 aromatic carbocycles. The van der Waals surface area contributed by atoms with Crippen LogP contribution in [0.3, 0.4) is 0 Å².